The number of nitrogens with zero attached hydrogens (tertiary/aromatic N) is 12. The third-order valence-electron chi connectivity index (χ3n) is 25.8. The molecule has 17 aromatic carbocycles. The van der Waals surface area contributed by atoms with Gasteiger partial charge in [0.05, 0.1) is 66.6 Å². The van der Waals surface area contributed by atoms with Gasteiger partial charge in [-0.2, -0.15) is 0 Å². The molecule has 0 saturated carbocycles. The van der Waals surface area contributed by atoms with Gasteiger partial charge in [-0.3, -0.25) is 28.4 Å². The van der Waals surface area contributed by atoms with Gasteiger partial charge in [0.1, 0.15) is 51.0 Å². The van der Waals surface area contributed by atoms with Gasteiger partial charge in [-0.05, 0) is 113 Å². The van der Waals surface area contributed by atoms with Crippen molar-refractivity contribution in [2.24, 2.45) is 0 Å². The molecular weight excluding hydrogens is 1630 g/mol. The zero-order valence-electron chi connectivity index (χ0n) is 70.0. The van der Waals surface area contributed by atoms with Crippen molar-refractivity contribution in [3.05, 3.63) is 425 Å². The average molecular weight is 1700 g/mol. The summed E-state index contributed by atoms with van der Waals surface area (Å²) in [5, 5.41) is 11.4. The second kappa shape index (κ2) is 29.5. The van der Waals surface area contributed by atoms with E-state index in [0.29, 0.717) is 29.0 Å². The van der Waals surface area contributed by atoms with E-state index in [1.165, 1.54) is 42.6 Å². The van der Waals surface area contributed by atoms with Crippen molar-refractivity contribution >= 4 is 182 Å². The average Bonchev–Trinajstić information content (AvgIpc) is 1.56. The SMILES string of the molecule is c1ccc(-c2nc(N3c4ccccc4-c4ccc5ccccc5c4-n4c3cc3ccccc34)nc3c2oc2ccccc23)cc1.c1ccc(-c2nc(N3c4ccccc4-c4ccccc4-n4c3cc3c5ccccc5ccc34)nc3c2oc2ccccc23)cc1.c1ccc(-c2nc(N3c4ccccc4-c4ccccc4-n4c3cc3ccccc34)nc3c2sc2ccccc23)cc1. The smallest absolute Gasteiger partial charge is 0.237 e. The highest BCUT2D eigenvalue weighted by Crippen LogP contribution is 2.55. The maximum atomic E-state index is 6.44. The summed E-state index contributed by atoms with van der Waals surface area (Å²) in [5.74, 6) is 4.79. The molecule has 0 saturated heterocycles. The van der Waals surface area contributed by atoms with Gasteiger partial charge in [0.2, 0.25) is 17.8 Å². The van der Waals surface area contributed by atoms with Crippen molar-refractivity contribution in [1.82, 2.24) is 43.6 Å². The zero-order valence-corrected chi connectivity index (χ0v) is 70.8. The Balaban J connectivity index is 0.000000101. The predicted octanol–water partition coefficient (Wildman–Crippen LogP) is 31.1. The normalized spacial score (nSPS) is 12.4. The molecular formula is C116H70N12O2S. The summed E-state index contributed by atoms with van der Waals surface area (Å²) in [5.41, 5.74) is 27.8. The number of anilines is 9. The van der Waals surface area contributed by atoms with Crippen LogP contribution in [0.25, 0.3) is 203 Å². The Hall–Kier alpha value is -17.7. The van der Waals surface area contributed by atoms with Crippen LogP contribution in [-0.4, -0.2) is 43.6 Å². The Morgan fingerprint density at radius 2 is 0.580 bits per heavy atom. The van der Waals surface area contributed by atoms with Crippen LogP contribution in [0.1, 0.15) is 0 Å². The summed E-state index contributed by atoms with van der Waals surface area (Å²) in [6.45, 7) is 0. The Kier molecular flexibility index (Phi) is 16.6. The van der Waals surface area contributed by atoms with Crippen molar-refractivity contribution in [1.29, 1.82) is 0 Å². The first-order valence-electron chi connectivity index (χ1n) is 43.9. The van der Waals surface area contributed by atoms with E-state index in [0.717, 1.165) is 184 Å². The van der Waals surface area contributed by atoms with Crippen LogP contribution in [0, 0.1) is 0 Å². The van der Waals surface area contributed by atoms with Crippen LogP contribution in [-0.2, 0) is 0 Å². The van der Waals surface area contributed by atoms with Crippen molar-refractivity contribution in [2.75, 3.05) is 14.7 Å². The largest absolute Gasteiger partial charge is 0.452 e. The monoisotopic (exact) mass is 1690 g/mol. The minimum absolute atomic E-state index is 0.585. The Labute approximate surface area is 753 Å². The minimum atomic E-state index is 0.585. The van der Waals surface area contributed by atoms with Gasteiger partial charge >= 0.3 is 0 Å². The van der Waals surface area contributed by atoms with E-state index in [1.807, 2.05) is 72.8 Å². The van der Waals surface area contributed by atoms with Gasteiger partial charge in [-0.25, -0.2) is 29.9 Å². The van der Waals surface area contributed by atoms with E-state index in [4.69, 9.17) is 38.7 Å². The lowest BCUT2D eigenvalue weighted by molar-refractivity contribution is 0.667. The first-order chi connectivity index (χ1) is 65.0. The van der Waals surface area contributed by atoms with Crippen LogP contribution in [0.5, 0.6) is 0 Å². The molecule has 29 rings (SSSR count). The predicted molar refractivity (Wildman–Crippen MR) is 536 cm³/mol. The van der Waals surface area contributed by atoms with Gasteiger partial charge in [-0.1, -0.05) is 328 Å². The highest BCUT2D eigenvalue weighted by molar-refractivity contribution is 7.26. The molecule has 0 radical (unpaired) electrons. The molecule has 3 aliphatic rings. The number of thiophene rings is 1. The minimum Gasteiger partial charge on any atom is -0.452 e. The fourth-order valence-electron chi connectivity index (χ4n) is 20.1. The van der Waals surface area contributed by atoms with E-state index in [-0.39, 0.29) is 0 Å². The van der Waals surface area contributed by atoms with E-state index >= 15 is 0 Å². The fourth-order valence-corrected chi connectivity index (χ4v) is 21.2. The van der Waals surface area contributed by atoms with E-state index < -0.39 is 0 Å². The number of benzene rings is 17. The molecule has 9 aromatic heterocycles. The molecule has 612 valence electrons. The van der Waals surface area contributed by atoms with Crippen LogP contribution in [0.4, 0.5) is 52.4 Å². The fraction of sp³-hybridized carbons (Fsp3) is 0. The molecule has 0 aliphatic carbocycles. The van der Waals surface area contributed by atoms with E-state index in [2.05, 4.69) is 380 Å². The van der Waals surface area contributed by atoms with Crippen molar-refractivity contribution in [3.63, 3.8) is 0 Å². The molecule has 0 spiro atoms. The first kappa shape index (κ1) is 73.7. The molecule has 15 heteroatoms. The third-order valence-corrected chi connectivity index (χ3v) is 27.0. The summed E-state index contributed by atoms with van der Waals surface area (Å²) in [4.78, 5) is 38.7. The Morgan fingerprint density at radius 1 is 0.221 bits per heavy atom. The lowest BCUT2D eigenvalue weighted by atomic mass is 9.97. The summed E-state index contributed by atoms with van der Waals surface area (Å²) in [7, 11) is 0. The number of furan rings is 2. The molecule has 131 heavy (non-hydrogen) atoms. The zero-order chi connectivity index (χ0) is 85.9. The lowest BCUT2D eigenvalue weighted by Crippen LogP contribution is -2.16. The van der Waals surface area contributed by atoms with Crippen LogP contribution in [0.3, 0.4) is 0 Å². The molecule has 0 N–H and O–H groups in total. The number of rotatable bonds is 6. The van der Waals surface area contributed by atoms with Gasteiger partial charge in [0, 0.05) is 92.5 Å². The van der Waals surface area contributed by atoms with Crippen LogP contribution < -0.4 is 14.7 Å². The van der Waals surface area contributed by atoms with Gasteiger partial charge in [-0.15, -0.1) is 11.3 Å². The van der Waals surface area contributed by atoms with Crippen molar-refractivity contribution in [3.8, 4) is 84.2 Å². The maximum Gasteiger partial charge on any atom is 0.237 e. The maximum absolute atomic E-state index is 6.44. The van der Waals surface area contributed by atoms with Crippen LogP contribution in [0.2, 0.25) is 0 Å². The first-order valence-corrected chi connectivity index (χ1v) is 44.7. The summed E-state index contributed by atoms with van der Waals surface area (Å²) in [6, 6.07) is 149. The Morgan fingerprint density at radius 3 is 1.11 bits per heavy atom. The van der Waals surface area contributed by atoms with Gasteiger partial charge < -0.3 is 8.83 Å². The molecule has 12 heterocycles. The lowest BCUT2D eigenvalue weighted by Gasteiger charge is -2.24. The molecule has 26 aromatic rings. The van der Waals surface area contributed by atoms with E-state index in [1.54, 1.807) is 11.3 Å². The Bertz CT molecular complexity index is 9190. The van der Waals surface area contributed by atoms with Gasteiger partial charge in [0.25, 0.3) is 0 Å². The van der Waals surface area contributed by atoms with Crippen molar-refractivity contribution < 1.29 is 8.83 Å². The molecule has 0 atom stereocenters. The molecule has 0 fully saturated rings. The second-order valence-electron chi connectivity index (χ2n) is 33.2. The van der Waals surface area contributed by atoms with Gasteiger partial charge in [0.15, 0.2) is 11.2 Å². The summed E-state index contributed by atoms with van der Waals surface area (Å²) >= 11 is 1.76. The molecule has 0 amide bonds. The van der Waals surface area contributed by atoms with Crippen molar-refractivity contribution in [2.45, 2.75) is 0 Å². The quantitative estimate of drug-likeness (QED) is 0.158. The van der Waals surface area contributed by atoms with E-state index in [9.17, 15) is 0 Å². The summed E-state index contributed by atoms with van der Waals surface area (Å²) in [6.07, 6.45) is 0. The number of hydrogen-bond acceptors (Lipinski definition) is 12. The third kappa shape index (κ3) is 11.5. The second-order valence-corrected chi connectivity index (χ2v) is 34.2. The highest BCUT2D eigenvalue weighted by Gasteiger charge is 2.37. The standard InChI is InChI=1S/2C40H24N4O.C36H22N4S/c1-2-13-26(14-3-1)36-39-37(31-18-8-11-21-34(31)45-39)42-40(41-36)44-33-20-10-7-17-29(33)30-23-22-25-12-4-6-16-28(25)38(30)43-32-19-9-5-15-27(32)24-35(43)44;1-2-13-26(14-3-1)37-39-38(30-18-8-11-21-35(30)45-39)42-40(41-37)44-33-20-10-7-17-29(33)28-16-6-9-19-32(28)43-34-23-22-25-12-4-5-15-27(25)31(34)24-36(43)44;1-2-12-23(13-3-1)33-35-34(27-17-7-11-21-31(27)41-35)38-36(37-33)40-30-20-10-6-16-26(30)25-15-5-9-19-29(25)39-28-18-8-4-14-24(28)22-32(39)40/h2*1-24H;1-22H. The number of para-hydroxylation sites is 9. The van der Waals surface area contributed by atoms with Crippen LogP contribution in [0.15, 0.2) is 433 Å². The van der Waals surface area contributed by atoms with Crippen LogP contribution >= 0.6 is 11.3 Å². The number of fused-ring (bicyclic) bond motifs is 34. The number of aromatic nitrogens is 9. The summed E-state index contributed by atoms with van der Waals surface area (Å²) < 4.78 is 22.3. The molecule has 0 bridgehead atoms. The molecule has 0 unspecified atom stereocenters. The highest BCUT2D eigenvalue weighted by atomic mass is 32.1. The molecule has 14 nitrogen and oxygen atoms in total. The topological polar surface area (TPSA) is 128 Å². The number of hydrogen-bond donors (Lipinski definition) is 0. The molecule has 3 aliphatic heterocycles.